The average Bonchev–Trinajstić information content (AvgIpc) is 2.95. The lowest BCUT2D eigenvalue weighted by atomic mass is 10.00. The molecule has 0 amide bonds. The Morgan fingerprint density at radius 2 is 0.884 bits per heavy atom. The molecule has 0 aromatic carbocycles. The quantitative estimate of drug-likeness (QED) is 0.0467. The Balaban J connectivity index is 4.16. The zero-order valence-corrected chi connectivity index (χ0v) is 28.3. The summed E-state index contributed by atoms with van der Waals surface area (Å²) in [6.07, 6.45) is 29.9. The first-order valence-electron chi connectivity index (χ1n) is 17.7. The first-order valence-corrected chi connectivity index (χ1v) is 17.7. The molecule has 0 aromatic heterocycles. The molecule has 7 heteroatoms. The lowest BCUT2D eigenvalue weighted by molar-refractivity contribution is -0.934. The zero-order valence-electron chi connectivity index (χ0n) is 28.3. The topological polar surface area (TPSA) is 115 Å². The van der Waals surface area contributed by atoms with Gasteiger partial charge in [0.1, 0.15) is 11.8 Å². The number of nitrogens with zero attached hydrogens (tertiary/aromatic N) is 1. The number of rotatable bonds is 31. The molecule has 0 aliphatic rings. The van der Waals surface area contributed by atoms with Crippen LogP contribution in [0, 0.1) is 17.8 Å². The van der Waals surface area contributed by atoms with Crippen molar-refractivity contribution in [3.8, 4) is 0 Å². The van der Waals surface area contributed by atoms with Crippen LogP contribution in [0.15, 0.2) is 12.2 Å². The molecule has 0 radical (unpaired) electrons. The molecule has 0 fully saturated rings. The highest BCUT2D eigenvalue weighted by molar-refractivity contribution is 5.70. The van der Waals surface area contributed by atoms with Gasteiger partial charge in [0, 0.05) is 11.9 Å². The molecule has 0 bridgehead atoms. The number of carboxylic acid groups (broad SMARTS) is 3. The zero-order chi connectivity index (χ0) is 32.3. The minimum atomic E-state index is -1.18. The van der Waals surface area contributed by atoms with Crippen LogP contribution in [0.2, 0.25) is 0 Å². The number of hydrogen-bond donors (Lipinski definition) is 2. The molecule has 0 aromatic rings. The fraction of sp³-hybridized carbons (Fsp3) is 0.861. The SMILES string of the molecule is CCCCCCCCCC/C=C/CCCCCCCCCCCC[N+](CC(C)C(=O)[O-])(CC(C)C(=O)O)CC(C)C(=O)O. The van der Waals surface area contributed by atoms with Crippen LogP contribution in [0.3, 0.4) is 0 Å². The van der Waals surface area contributed by atoms with Gasteiger partial charge in [0.25, 0.3) is 0 Å². The number of allylic oxidation sites excluding steroid dienone is 2. The summed E-state index contributed by atoms with van der Waals surface area (Å²) in [4.78, 5) is 34.8. The molecule has 43 heavy (non-hydrogen) atoms. The number of carbonyl (C=O) groups excluding carboxylic acids is 1. The lowest BCUT2D eigenvalue weighted by Gasteiger charge is -2.43. The molecule has 0 aliphatic carbocycles. The predicted octanol–water partition coefficient (Wildman–Crippen LogP) is 8.01. The summed E-state index contributed by atoms with van der Waals surface area (Å²) in [5.41, 5.74) is 0. The fourth-order valence-corrected chi connectivity index (χ4v) is 6.23. The summed E-state index contributed by atoms with van der Waals surface area (Å²) in [7, 11) is 0. The molecular formula is C36H67NO6. The second-order valence-electron chi connectivity index (χ2n) is 13.4. The first-order chi connectivity index (χ1) is 20.5. The van der Waals surface area contributed by atoms with E-state index in [1.807, 2.05) is 0 Å². The Morgan fingerprint density at radius 1 is 0.558 bits per heavy atom. The Morgan fingerprint density at radius 3 is 1.23 bits per heavy atom. The summed E-state index contributed by atoms with van der Waals surface area (Å²) >= 11 is 0. The van der Waals surface area contributed by atoms with Gasteiger partial charge in [-0.1, -0.05) is 116 Å². The van der Waals surface area contributed by atoms with Gasteiger partial charge in [0.05, 0.1) is 26.2 Å². The van der Waals surface area contributed by atoms with E-state index in [1.165, 1.54) is 103 Å². The Hall–Kier alpha value is -1.89. The number of carbonyl (C=O) groups is 3. The van der Waals surface area contributed by atoms with Crippen molar-refractivity contribution < 1.29 is 34.2 Å². The molecule has 252 valence electrons. The van der Waals surface area contributed by atoms with E-state index in [0.29, 0.717) is 6.54 Å². The molecule has 0 spiro atoms. The van der Waals surface area contributed by atoms with Crippen molar-refractivity contribution in [1.29, 1.82) is 0 Å². The minimum Gasteiger partial charge on any atom is -0.550 e. The summed E-state index contributed by atoms with van der Waals surface area (Å²) < 4.78 is 0.185. The molecule has 0 aliphatic heterocycles. The monoisotopic (exact) mass is 609 g/mol. The van der Waals surface area contributed by atoms with Crippen molar-refractivity contribution in [2.75, 3.05) is 26.2 Å². The van der Waals surface area contributed by atoms with Gasteiger partial charge in [-0.25, -0.2) is 0 Å². The van der Waals surface area contributed by atoms with Crippen LogP contribution in [0.25, 0.3) is 0 Å². The van der Waals surface area contributed by atoms with Crippen molar-refractivity contribution in [3.05, 3.63) is 12.2 Å². The van der Waals surface area contributed by atoms with E-state index in [9.17, 15) is 29.7 Å². The minimum absolute atomic E-state index is 0.185. The van der Waals surface area contributed by atoms with Gasteiger partial charge in [-0.3, -0.25) is 9.59 Å². The number of carboxylic acids is 3. The van der Waals surface area contributed by atoms with Gasteiger partial charge in [0.2, 0.25) is 0 Å². The van der Waals surface area contributed by atoms with Crippen LogP contribution in [-0.4, -0.2) is 58.8 Å². The number of unbranched alkanes of at least 4 members (excludes halogenated alkanes) is 18. The van der Waals surface area contributed by atoms with Gasteiger partial charge in [-0.2, -0.15) is 0 Å². The standard InChI is InChI=1S/C36H67NO6/c1-5-6-7-8-9-10-11-12-13-14-15-16-17-18-19-20-21-22-23-24-25-26-27-37(28-31(2)34(38)39,29-32(3)35(40)41)30-33(4)36(42)43/h14-15,31-33H,5-13,16-30H2,1-4H3,(H2-,38,39,40,41,42,43)/b15-14+. The summed E-state index contributed by atoms with van der Waals surface area (Å²) in [5, 5.41) is 30.6. The average molecular weight is 610 g/mol. The van der Waals surface area contributed by atoms with E-state index in [0.717, 1.165) is 25.7 Å². The van der Waals surface area contributed by atoms with Crippen molar-refractivity contribution in [3.63, 3.8) is 0 Å². The third kappa shape index (κ3) is 23.2. The predicted molar refractivity (Wildman–Crippen MR) is 175 cm³/mol. The summed E-state index contributed by atoms with van der Waals surface area (Å²) in [6, 6.07) is 0. The molecule has 0 saturated carbocycles. The lowest BCUT2D eigenvalue weighted by Crippen LogP contribution is -2.58. The summed E-state index contributed by atoms with van der Waals surface area (Å²) in [5.74, 6) is -5.23. The van der Waals surface area contributed by atoms with E-state index < -0.39 is 35.7 Å². The van der Waals surface area contributed by atoms with Crippen molar-refractivity contribution >= 4 is 17.9 Å². The smallest absolute Gasteiger partial charge is 0.311 e. The van der Waals surface area contributed by atoms with E-state index in [1.54, 1.807) is 20.8 Å². The van der Waals surface area contributed by atoms with E-state index in [4.69, 9.17) is 0 Å². The number of hydrogen-bond acceptors (Lipinski definition) is 4. The molecule has 3 atom stereocenters. The van der Waals surface area contributed by atoms with E-state index >= 15 is 0 Å². The normalized spacial score (nSPS) is 15.3. The summed E-state index contributed by atoms with van der Waals surface area (Å²) in [6.45, 7) is 8.27. The maximum Gasteiger partial charge on any atom is 0.311 e. The second-order valence-corrected chi connectivity index (χ2v) is 13.4. The maximum absolute atomic E-state index is 11.6. The third-order valence-corrected chi connectivity index (χ3v) is 8.87. The fourth-order valence-electron chi connectivity index (χ4n) is 6.23. The highest BCUT2D eigenvalue weighted by atomic mass is 16.4. The first kappa shape index (κ1) is 41.1. The van der Waals surface area contributed by atoms with Gasteiger partial charge in [0.15, 0.2) is 0 Å². The highest BCUT2D eigenvalue weighted by Crippen LogP contribution is 2.22. The van der Waals surface area contributed by atoms with Crippen LogP contribution in [0.5, 0.6) is 0 Å². The second kappa shape index (κ2) is 26.5. The van der Waals surface area contributed by atoms with Crippen LogP contribution in [0.4, 0.5) is 0 Å². The molecule has 3 unspecified atom stereocenters. The molecule has 2 N–H and O–H groups in total. The van der Waals surface area contributed by atoms with Crippen LogP contribution in [0.1, 0.15) is 156 Å². The van der Waals surface area contributed by atoms with Crippen molar-refractivity contribution in [1.82, 2.24) is 0 Å². The third-order valence-electron chi connectivity index (χ3n) is 8.87. The van der Waals surface area contributed by atoms with Gasteiger partial charge < -0.3 is 24.6 Å². The largest absolute Gasteiger partial charge is 0.550 e. The van der Waals surface area contributed by atoms with Gasteiger partial charge in [-0.05, 0) is 52.4 Å². The molecule has 7 nitrogen and oxygen atoms in total. The van der Waals surface area contributed by atoms with Crippen molar-refractivity contribution in [2.24, 2.45) is 17.8 Å². The van der Waals surface area contributed by atoms with Gasteiger partial charge in [-0.15, -0.1) is 0 Å². The molecule has 0 saturated heterocycles. The molecule has 0 rings (SSSR count). The van der Waals surface area contributed by atoms with Gasteiger partial charge >= 0.3 is 11.9 Å². The highest BCUT2D eigenvalue weighted by Gasteiger charge is 2.36. The molecule has 0 heterocycles. The van der Waals surface area contributed by atoms with Crippen molar-refractivity contribution in [2.45, 2.75) is 156 Å². The van der Waals surface area contributed by atoms with Crippen LogP contribution in [-0.2, 0) is 14.4 Å². The number of quaternary nitrogens is 1. The van der Waals surface area contributed by atoms with E-state index in [2.05, 4.69) is 19.1 Å². The Bertz CT molecular complexity index is 697. The van der Waals surface area contributed by atoms with E-state index in [-0.39, 0.29) is 24.1 Å². The number of aliphatic carboxylic acids is 3. The molecular weight excluding hydrogens is 542 g/mol. The van der Waals surface area contributed by atoms with Crippen LogP contribution >= 0.6 is 0 Å². The maximum atomic E-state index is 11.6. The van der Waals surface area contributed by atoms with Crippen LogP contribution < -0.4 is 5.11 Å². The Labute approximate surface area is 264 Å². The Kier molecular flexibility index (Phi) is 25.3.